The van der Waals surface area contributed by atoms with Crippen LogP contribution < -0.4 is 10.1 Å². The third kappa shape index (κ3) is 4.56. The van der Waals surface area contributed by atoms with Gasteiger partial charge in [-0.05, 0) is 43.9 Å². The van der Waals surface area contributed by atoms with Crippen LogP contribution in [0.25, 0.3) is 0 Å². The Morgan fingerprint density at radius 2 is 1.95 bits per heavy atom. The Bertz CT molecular complexity index is 420. The Balaban J connectivity index is 2.65. The molecule has 0 fully saturated rings. The summed E-state index contributed by atoms with van der Waals surface area (Å²) in [6.45, 7) is 7.83. The van der Waals surface area contributed by atoms with Crippen molar-refractivity contribution in [1.29, 1.82) is 0 Å². The second-order valence-electron chi connectivity index (χ2n) is 4.88. The summed E-state index contributed by atoms with van der Waals surface area (Å²) in [6.07, 6.45) is 0.898. The summed E-state index contributed by atoms with van der Waals surface area (Å²) in [5.74, 6) is 0.607. The van der Waals surface area contributed by atoms with Gasteiger partial charge in [-0.3, -0.25) is 4.79 Å². The standard InChI is InChI=1S/C15H23NO3/c1-5-12(4)16-14(18)9-19-15-10(2)6-13(8-17)7-11(15)3/h6-7,12,17H,5,8-9H2,1-4H3,(H,16,18). The zero-order valence-electron chi connectivity index (χ0n) is 12.1. The van der Waals surface area contributed by atoms with Crippen LogP contribution in [0, 0.1) is 13.8 Å². The van der Waals surface area contributed by atoms with Gasteiger partial charge in [0.2, 0.25) is 0 Å². The first-order valence-electron chi connectivity index (χ1n) is 6.61. The van der Waals surface area contributed by atoms with Gasteiger partial charge in [0.05, 0.1) is 6.61 Å². The van der Waals surface area contributed by atoms with Crippen molar-refractivity contribution < 1.29 is 14.6 Å². The molecule has 19 heavy (non-hydrogen) atoms. The third-order valence-electron chi connectivity index (χ3n) is 3.07. The van der Waals surface area contributed by atoms with Gasteiger partial charge in [-0.15, -0.1) is 0 Å². The molecule has 0 aromatic heterocycles. The lowest BCUT2D eigenvalue weighted by Gasteiger charge is -2.15. The van der Waals surface area contributed by atoms with Crippen LogP contribution in [0.3, 0.4) is 0 Å². The second kappa shape index (κ2) is 7.14. The highest BCUT2D eigenvalue weighted by atomic mass is 16.5. The molecular weight excluding hydrogens is 242 g/mol. The minimum atomic E-state index is -0.112. The second-order valence-corrected chi connectivity index (χ2v) is 4.88. The molecule has 0 heterocycles. The van der Waals surface area contributed by atoms with E-state index in [1.54, 1.807) is 0 Å². The van der Waals surface area contributed by atoms with Crippen LogP contribution in [0.4, 0.5) is 0 Å². The molecule has 1 aromatic carbocycles. The monoisotopic (exact) mass is 265 g/mol. The van der Waals surface area contributed by atoms with Gasteiger partial charge in [-0.2, -0.15) is 0 Å². The normalized spacial score (nSPS) is 12.1. The van der Waals surface area contributed by atoms with Crippen molar-refractivity contribution in [1.82, 2.24) is 5.32 Å². The van der Waals surface area contributed by atoms with Gasteiger partial charge in [0, 0.05) is 6.04 Å². The first-order chi connectivity index (χ1) is 8.97. The maximum atomic E-state index is 11.7. The minimum absolute atomic E-state index is 0.0104. The fraction of sp³-hybridized carbons (Fsp3) is 0.533. The van der Waals surface area contributed by atoms with Gasteiger partial charge in [0.25, 0.3) is 5.91 Å². The van der Waals surface area contributed by atoms with Crippen LogP contribution in [-0.2, 0) is 11.4 Å². The number of carbonyl (C=O) groups excluding carboxylic acids is 1. The Kier molecular flexibility index (Phi) is 5.83. The van der Waals surface area contributed by atoms with E-state index in [0.717, 1.165) is 28.9 Å². The molecule has 0 aliphatic carbocycles. The van der Waals surface area contributed by atoms with Gasteiger partial charge in [0.15, 0.2) is 6.61 Å². The zero-order chi connectivity index (χ0) is 14.4. The Morgan fingerprint density at radius 1 is 1.37 bits per heavy atom. The van der Waals surface area contributed by atoms with E-state index in [-0.39, 0.29) is 25.2 Å². The van der Waals surface area contributed by atoms with E-state index in [2.05, 4.69) is 5.32 Å². The van der Waals surface area contributed by atoms with Crippen LogP contribution in [0.2, 0.25) is 0 Å². The van der Waals surface area contributed by atoms with E-state index >= 15 is 0 Å². The number of amides is 1. The molecule has 1 atom stereocenters. The number of carbonyl (C=O) groups is 1. The molecule has 2 N–H and O–H groups in total. The van der Waals surface area contributed by atoms with E-state index in [1.165, 1.54) is 0 Å². The van der Waals surface area contributed by atoms with Gasteiger partial charge in [-0.25, -0.2) is 0 Å². The summed E-state index contributed by atoms with van der Waals surface area (Å²) < 4.78 is 5.58. The summed E-state index contributed by atoms with van der Waals surface area (Å²) in [7, 11) is 0. The summed E-state index contributed by atoms with van der Waals surface area (Å²) in [5.41, 5.74) is 2.71. The smallest absolute Gasteiger partial charge is 0.258 e. The average Bonchev–Trinajstić information content (AvgIpc) is 2.37. The van der Waals surface area contributed by atoms with Crippen LogP contribution in [-0.4, -0.2) is 23.7 Å². The van der Waals surface area contributed by atoms with Gasteiger partial charge in [-0.1, -0.05) is 19.1 Å². The Hall–Kier alpha value is -1.55. The van der Waals surface area contributed by atoms with Crippen LogP contribution in [0.1, 0.15) is 37.0 Å². The van der Waals surface area contributed by atoms with Crippen LogP contribution in [0.5, 0.6) is 5.75 Å². The van der Waals surface area contributed by atoms with Crippen molar-refractivity contribution in [2.24, 2.45) is 0 Å². The molecule has 4 heteroatoms. The Labute approximate surface area is 114 Å². The maximum absolute atomic E-state index is 11.7. The highest BCUT2D eigenvalue weighted by Crippen LogP contribution is 2.24. The Morgan fingerprint density at radius 3 is 2.42 bits per heavy atom. The lowest BCUT2D eigenvalue weighted by molar-refractivity contribution is -0.123. The zero-order valence-corrected chi connectivity index (χ0v) is 12.1. The average molecular weight is 265 g/mol. The molecule has 0 saturated carbocycles. The first kappa shape index (κ1) is 15.5. The molecule has 106 valence electrons. The van der Waals surface area contributed by atoms with E-state index in [4.69, 9.17) is 9.84 Å². The SMILES string of the molecule is CCC(C)NC(=O)COc1c(C)cc(CO)cc1C. The van der Waals surface area contributed by atoms with Crippen molar-refractivity contribution in [2.75, 3.05) is 6.61 Å². The highest BCUT2D eigenvalue weighted by Gasteiger charge is 2.10. The first-order valence-corrected chi connectivity index (χ1v) is 6.61. The predicted octanol–water partition coefficient (Wildman–Crippen LogP) is 2.09. The van der Waals surface area contributed by atoms with Crippen molar-refractivity contribution in [3.63, 3.8) is 0 Å². The number of aliphatic hydroxyl groups is 1. The molecule has 0 bridgehead atoms. The van der Waals surface area contributed by atoms with E-state index < -0.39 is 0 Å². The van der Waals surface area contributed by atoms with Crippen LogP contribution >= 0.6 is 0 Å². The molecule has 0 aliphatic rings. The summed E-state index contributed by atoms with van der Waals surface area (Å²) in [4.78, 5) is 11.7. The van der Waals surface area contributed by atoms with E-state index in [9.17, 15) is 4.79 Å². The number of rotatable bonds is 6. The maximum Gasteiger partial charge on any atom is 0.258 e. The minimum Gasteiger partial charge on any atom is -0.483 e. The number of hydrogen-bond acceptors (Lipinski definition) is 3. The molecule has 4 nitrogen and oxygen atoms in total. The lowest BCUT2D eigenvalue weighted by Crippen LogP contribution is -2.35. The van der Waals surface area contributed by atoms with Crippen molar-refractivity contribution in [3.05, 3.63) is 28.8 Å². The van der Waals surface area contributed by atoms with Gasteiger partial charge < -0.3 is 15.2 Å². The largest absolute Gasteiger partial charge is 0.483 e. The molecule has 0 aliphatic heterocycles. The molecule has 1 aromatic rings. The van der Waals surface area contributed by atoms with Crippen molar-refractivity contribution in [2.45, 2.75) is 46.8 Å². The van der Waals surface area contributed by atoms with E-state index in [1.807, 2.05) is 39.8 Å². The molecule has 0 saturated heterocycles. The fourth-order valence-electron chi connectivity index (χ4n) is 1.92. The summed E-state index contributed by atoms with van der Waals surface area (Å²) >= 11 is 0. The summed E-state index contributed by atoms with van der Waals surface area (Å²) in [5, 5.41) is 12.0. The fourth-order valence-corrected chi connectivity index (χ4v) is 1.92. The highest BCUT2D eigenvalue weighted by molar-refractivity contribution is 5.77. The lowest BCUT2D eigenvalue weighted by atomic mass is 10.1. The molecule has 1 rings (SSSR count). The van der Waals surface area contributed by atoms with Gasteiger partial charge in [0.1, 0.15) is 5.75 Å². The van der Waals surface area contributed by atoms with Gasteiger partial charge >= 0.3 is 0 Å². The molecule has 1 amide bonds. The molecule has 1 unspecified atom stereocenters. The van der Waals surface area contributed by atoms with Crippen LogP contribution in [0.15, 0.2) is 12.1 Å². The number of nitrogens with one attached hydrogen (secondary N) is 1. The number of benzene rings is 1. The topological polar surface area (TPSA) is 58.6 Å². The number of hydrogen-bond donors (Lipinski definition) is 2. The summed E-state index contributed by atoms with van der Waals surface area (Å²) in [6, 6.07) is 3.90. The van der Waals surface area contributed by atoms with E-state index in [0.29, 0.717) is 0 Å². The number of aliphatic hydroxyl groups excluding tert-OH is 1. The predicted molar refractivity (Wildman–Crippen MR) is 75.2 cm³/mol. The van der Waals surface area contributed by atoms with Crippen molar-refractivity contribution >= 4 is 5.91 Å². The third-order valence-corrected chi connectivity index (χ3v) is 3.07. The number of aryl methyl sites for hydroxylation is 2. The molecular formula is C15H23NO3. The molecule has 0 spiro atoms. The molecule has 0 radical (unpaired) electrons. The quantitative estimate of drug-likeness (QED) is 0.828. The van der Waals surface area contributed by atoms with Crippen molar-refractivity contribution in [3.8, 4) is 5.75 Å². The number of ether oxygens (including phenoxy) is 1.